The van der Waals surface area contributed by atoms with Gasteiger partial charge in [-0.2, -0.15) is 5.10 Å². The van der Waals surface area contributed by atoms with Crippen LogP contribution in [-0.4, -0.2) is 31.1 Å². The third kappa shape index (κ3) is 7.79. The summed E-state index contributed by atoms with van der Waals surface area (Å²) < 4.78 is 0. The van der Waals surface area contributed by atoms with Crippen molar-refractivity contribution >= 4 is 41.4 Å². The van der Waals surface area contributed by atoms with Gasteiger partial charge in [0.05, 0.1) is 16.8 Å². The van der Waals surface area contributed by atoms with Crippen molar-refractivity contribution in [3.8, 4) is 0 Å². The van der Waals surface area contributed by atoms with Gasteiger partial charge in [-0.05, 0) is 66.8 Å². The molecule has 2 N–H and O–H groups in total. The van der Waals surface area contributed by atoms with Crippen molar-refractivity contribution in [3.05, 3.63) is 106 Å². The van der Waals surface area contributed by atoms with Crippen LogP contribution in [0, 0.1) is 0 Å². The fourth-order valence-corrected chi connectivity index (χ4v) is 3.94. The zero-order chi connectivity index (χ0) is 26.8. The van der Waals surface area contributed by atoms with E-state index >= 15 is 0 Å². The molecule has 0 aliphatic carbocycles. The number of hydrogen-bond donors (Lipinski definition) is 2. The third-order valence-electron chi connectivity index (χ3n) is 5.93. The normalized spacial score (nSPS) is 11.6. The second-order valence-corrected chi connectivity index (χ2v) is 9.18. The molecule has 0 heterocycles. The van der Waals surface area contributed by atoms with Gasteiger partial charge in [-0.1, -0.05) is 74.0 Å². The summed E-state index contributed by atoms with van der Waals surface area (Å²) in [5.74, 6) is -0.607. The van der Waals surface area contributed by atoms with E-state index in [1.165, 1.54) is 5.56 Å². The average Bonchev–Trinajstić information content (AvgIpc) is 2.90. The second-order valence-electron chi connectivity index (χ2n) is 8.78. The molecule has 2 amide bonds. The molecule has 0 spiro atoms. The maximum absolute atomic E-state index is 13.1. The van der Waals surface area contributed by atoms with Crippen LogP contribution in [0.2, 0.25) is 5.02 Å². The van der Waals surface area contributed by atoms with Crippen molar-refractivity contribution in [2.75, 3.05) is 18.0 Å². The molecular weight excluding hydrogens is 484 g/mol. The summed E-state index contributed by atoms with van der Waals surface area (Å²) in [6.45, 7) is 10.2. The van der Waals surface area contributed by atoms with Crippen LogP contribution in [0.4, 0.5) is 5.69 Å². The van der Waals surface area contributed by atoms with Gasteiger partial charge in [-0.25, -0.2) is 5.43 Å². The van der Waals surface area contributed by atoms with Gasteiger partial charge in [0, 0.05) is 18.8 Å². The molecule has 37 heavy (non-hydrogen) atoms. The molecule has 0 aromatic heterocycles. The van der Waals surface area contributed by atoms with Crippen LogP contribution < -0.4 is 15.6 Å². The molecular formula is C30H33ClN4O2. The van der Waals surface area contributed by atoms with E-state index in [1.54, 1.807) is 36.6 Å². The summed E-state index contributed by atoms with van der Waals surface area (Å²) in [5, 5.41) is 7.08. The molecule has 192 valence electrons. The smallest absolute Gasteiger partial charge is 0.287 e. The van der Waals surface area contributed by atoms with Crippen LogP contribution in [0.15, 0.2) is 83.6 Å². The Hall–Kier alpha value is -3.90. The highest BCUT2D eigenvalue weighted by atomic mass is 35.5. The Bertz CT molecular complexity index is 1260. The summed E-state index contributed by atoms with van der Waals surface area (Å²) in [6, 6.07) is 22.4. The van der Waals surface area contributed by atoms with E-state index in [0.29, 0.717) is 10.9 Å². The van der Waals surface area contributed by atoms with E-state index in [4.69, 9.17) is 11.6 Å². The SMILES string of the molecule is CCN(CC)c1ccc(/C=C(/NC(=O)c2ccccc2Cl)C(=O)N/N=C\c2ccc(C(C)C)cc2)cc1. The molecule has 0 atom stereocenters. The Labute approximate surface area is 224 Å². The molecule has 0 aliphatic rings. The maximum atomic E-state index is 13.1. The van der Waals surface area contributed by atoms with Crippen molar-refractivity contribution in [1.29, 1.82) is 0 Å². The largest absolute Gasteiger partial charge is 0.372 e. The molecule has 3 aromatic carbocycles. The molecule has 0 saturated carbocycles. The number of anilines is 1. The third-order valence-corrected chi connectivity index (χ3v) is 6.26. The Morgan fingerprint density at radius 1 is 0.919 bits per heavy atom. The zero-order valence-corrected chi connectivity index (χ0v) is 22.4. The number of nitrogens with one attached hydrogen (secondary N) is 2. The van der Waals surface area contributed by atoms with Crippen LogP contribution >= 0.6 is 11.6 Å². The number of carbonyl (C=O) groups is 2. The van der Waals surface area contributed by atoms with Gasteiger partial charge >= 0.3 is 0 Å². The first kappa shape index (κ1) is 27.7. The number of hydrogen-bond acceptors (Lipinski definition) is 4. The number of carbonyl (C=O) groups excluding carboxylic acids is 2. The predicted octanol–water partition coefficient (Wildman–Crippen LogP) is 6.23. The monoisotopic (exact) mass is 516 g/mol. The van der Waals surface area contributed by atoms with E-state index in [-0.39, 0.29) is 11.3 Å². The number of rotatable bonds is 10. The first-order valence-corrected chi connectivity index (χ1v) is 12.8. The topological polar surface area (TPSA) is 73.8 Å². The van der Waals surface area contributed by atoms with Crippen LogP contribution in [0.25, 0.3) is 6.08 Å². The van der Waals surface area contributed by atoms with Crippen LogP contribution in [0.3, 0.4) is 0 Å². The lowest BCUT2D eigenvalue weighted by atomic mass is 10.0. The van der Waals surface area contributed by atoms with E-state index in [0.717, 1.165) is 29.9 Å². The molecule has 0 bridgehead atoms. The number of benzene rings is 3. The first-order valence-electron chi connectivity index (χ1n) is 12.4. The van der Waals surface area contributed by atoms with E-state index in [1.807, 2.05) is 48.5 Å². The number of hydrazone groups is 1. The van der Waals surface area contributed by atoms with Crippen molar-refractivity contribution in [1.82, 2.24) is 10.7 Å². The summed E-state index contributed by atoms with van der Waals surface area (Å²) >= 11 is 6.19. The van der Waals surface area contributed by atoms with Crippen molar-refractivity contribution < 1.29 is 9.59 Å². The first-order chi connectivity index (χ1) is 17.8. The second kappa shape index (κ2) is 13.4. The standard InChI is InChI=1S/C30H33ClN4O2/c1-5-35(6-2)25-17-13-22(14-18-25)19-28(33-29(36)26-9-7-8-10-27(26)31)30(37)34-32-20-23-11-15-24(16-12-23)21(3)4/h7-21H,5-6H2,1-4H3,(H,33,36)(H,34,37)/b28-19+,32-20-. The van der Waals surface area contributed by atoms with Crippen molar-refractivity contribution in [2.45, 2.75) is 33.6 Å². The summed E-state index contributed by atoms with van der Waals surface area (Å²) in [5.41, 5.74) is 6.75. The molecule has 7 heteroatoms. The molecule has 3 aromatic rings. The zero-order valence-electron chi connectivity index (χ0n) is 21.7. The van der Waals surface area contributed by atoms with Crippen molar-refractivity contribution in [3.63, 3.8) is 0 Å². The van der Waals surface area contributed by atoms with Crippen LogP contribution in [-0.2, 0) is 4.79 Å². The van der Waals surface area contributed by atoms with Gasteiger partial charge in [0.15, 0.2) is 0 Å². The van der Waals surface area contributed by atoms with Gasteiger partial charge < -0.3 is 10.2 Å². The average molecular weight is 517 g/mol. The number of halogens is 1. The van der Waals surface area contributed by atoms with Gasteiger partial charge in [-0.3, -0.25) is 9.59 Å². The molecule has 0 radical (unpaired) electrons. The number of amides is 2. The minimum atomic E-state index is -0.553. The lowest BCUT2D eigenvalue weighted by Gasteiger charge is -2.21. The van der Waals surface area contributed by atoms with E-state index in [2.05, 4.69) is 48.4 Å². The van der Waals surface area contributed by atoms with E-state index < -0.39 is 11.8 Å². The van der Waals surface area contributed by atoms with Crippen LogP contribution in [0.5, 0.6) is 0 Å². The fourth-order valence-electron chi connectivity index (χ4n) is 3.72. The molecule has 6 nitrogen and oxygen atoms in total. The maximum Gasteiger partial charge on any atom is 0.287 e. The van der Waals surface area contributed by atoms with Gasteiger partial charge in [0.25, 0.3) is 11.8 Å². The Morgan fingerprint density at radius 2 is 1.54 bits per heavy atom. The quantitative estimate of drug-likeness (QED) is 0.190. The summed E-state index contributed by atoms with van der Waals surface area (Å²) in [6.07, 6.45) is 3.18. The van der Waals surface area contributed by atoms with Crippen LogP contribution in [0.1, 0.15) is 60.7 Å². The molecule has 0 unspecified atom stereocenters. The number of nitrogens with zero attached hydrogens (tertiary/aromatic N) is 2. The van der Waals surface area contributed by atoms with E-state index in [9.17, 15) is 9.59 Å². The minimum Gasteiger partial charge on any atom is -0.372 e. The fraction of sp³-hybridized carbons (Fsp3) is 0.233. The highest BCUT2D eigenvalue weighted by molar-refractivity contribution is 6.34. The highest BCUT2D eigenvalue weighted by Crippen LogP contribution is 2.18. The Balaban J connectivity index is 1.82. The predicted molar refractivity (Wildman–Crippen MR) is 153 cm³/mol. The lowest BCUT2D eigenvalue weighted by molar-refractivity contribution is -0.117. The van der Waals surface area contributed by atoms with Crippen molar-refractivity contribution in [2.24, 2.45) is 5.10 Å². The lowest BCUT2D eigenvalue weighted by Crippen LogP contribution is -2.33. The molecule has 3 rings (SSSR count). The highest BCUT2D eigenvalue weighted by Gasteiger charge is 2.16. The Morgan fingerprint density at radius 3 is 2.14 bits per heavy atom. The summed E-state index contributed by atoms with van der Waals surface area (Å²) in [7, 11) is 0. The molecule has 0 saturated heterocycles. The molecule has 0 fully saturated rings. The van der Waals surface area contributed by atoms with Gasteiger partial charge in [0.2, 0.25) is 0 Å². The van der Waals surface area contributed by atoms with Gasteiger partial charge in [0.1, 0.15) is 5.70 Å². The van der Waals surface area contributed by atoms with Gasteiger partial charge in [-0.15, -0.1) is 0 Å². The molecule has 0 aliphatic heterocycles. The Kier molecular flexibility index (Phi) is 10.0. The summed E-state index contributed by atoms with van der Waals surface area (Å²) in [4.78, 5) is 28.2. The minimum absolute atomic E-state index is 0.0489.